The summed E-state index contributed by atoms with van der Waals surface area (Å²) in [5, 5.41) is 24.8. The van der Waals surface area contributed by atoms with Crippen molar-refractivity contribution in [3.05, 3.63) is 24.4 Å². The van der Waals surface area contributed by atoms with Crippen LogP contribution in [0, 0.1) is 16.7 Å². The minimum Gasteiger partial charge on any atom is -0.382 e. The van der Waals surface area contributed by atoms with Crippen molar-refractivity contribution < 1.29 is 8.78 Å². The van der Waals surface area contributed by atoms with Gasteiger partial charge in [-0.2, -0.15) is 10.2 Å². The lowest BCUT2D eigenvalue weighted by atomic mass is 9.75. The molecule has 1 fully saturated rings. The monoisotopic (exact) mass is 452 g/mol. The molecule has 0 saturated heterocycles. The summed E-state index contributed by atoms with van der Waals surface area (Å²) in [5.74, 6) is 0.682. The molecule has 4 heterocycles. The normalized spacial score (nSPS) is 21.0. The molecule has 0 amide bonds. The molecule has 0 aliphatic heterocycles. The summed E-state index contributed by atoms with van der Waals surface area (Å²) < 4.78 is 28.4. The molecule has 1 aliphatic rings. The highest BCUT2D eigenvalue weighted by Crippen LogP contribution is 2.36. The summed E-state index contributed by atoms with van der Waals surface area (Å²) in [6.07, 6.45) is 2.53. The van der Waals surface area contributed by atoms with E-state index in [1.807, 2.05) is 6.92 Å². The summed E-state index contributed by atoms with van der Waals surface area (Å²) in [7, 11) is 0. The van der Waals surface area contributed by atoms with Gasteiger partial charge in [0.1, 0.15) is 17.6 Å². The Balaban J connectivity index is 1.44. The Morgan fingerprint density at radius 1 is 1.27 bits per heavy atom. The molecular weight excluding hydrogens is 430 g/mol. The van der Waals surface area contributed by atoms with Crippen LogP contribution in [0.1, 0.15) is 32.6 Å². The van der Waals surface area contributed by atoms with Crippen molar-refractivity contribution in [2.24, 2.45) is 5.41 Å². The zero-order valence-corrected chi connectivity index (χ0v) is 17.9. The van der Waals surface area contributed by atoms with Crippen LogP contribution >= 0.6 is 0 Å². The van der Waals surface area contributed by atoms with Gasteiger partial charge in [-0.3, -0.25) is 0 Å². The first-order valence-corrected chi connectivity index (χ1v) is 10.7. The van der Waals surface area contributed by atoms with E-state index in [4.69, 9.17) is 5.73 Å². The number of rotatable bonds is 5. The van der Waals surface area contributed by atoms with Gasteiger partial charge in [-0.1, -0.05) is 5.21 Å². The number of aromatic nitrogens is 7. The van der Waals surface area contributed by atoms with Crippen molar-refractivity contribution in [2.45, 2.75) is 51.6 Å². The Morgan fingerprint density at radius 3 is 2.79 bits per heavy atom. The third-order valence-electron chi connectivity index (χ3n) is 6.18. The molecule has 10 nitrogen and oxygen atoms in total. The van der Waals surface area contributed by atoms with Crippen molar-refractivity contribution in [2.75, 3.05) is 11.1 Å². The van der Waals surface area contributed by atoms with Gasteiger partial charge in [-0.15, -0.1) is 10.2 Å². The van der Waals surface area contributed by atoms with Gasteiger partial charge >= 0.3 is 0 Å². The maximum Gasteiger partial charge on any atom is 0.258 e. The second kappa shape index (κ2) is 7.91. The Bertz CT molecular complexity index is 1360. The molecule has 0 atom stereocenters. The lowest BCUT2D eigenvalue weighted by Crippen LogP contribution is -2.31. The zero-order valence-electron chi connectivity index (χ0n) is 17.9. The summed E-state index contributed by atoms with van der Waals surface area (Å²) in [6, 6.07) is 7.79. The summed E-state index contributed by atoms with van der Waals surface area (Å²) in [5.41, 5.74) is 8.49. The van der Waals surface area contributed by atoms with Gasteiger partial charge < -0.3 is 11.1 Å². The van der Waals surface area contributed by atoms with Crippen LogP contribution in [0.25, 0.3) is 27.9 Å². The van der Waals surface area contributed by atoms with Gasteiger partial charge in [0, 0.05) is 17.8 Å². The van der Waals surface area contributed by atoms with E-state index in [0.29, 0.717) is 28.2 Å². The second-order valence-electron chi connectivity index (χ2n) is 8.64. The van der Waals surface area contributed by atoms with Gasteiger partial charge in [0.2, 0.25) is 5.95 Å². The number of halogens is 2. The third-order valence-corrected chi connectivity index (χ3v) is 6.18. The molecule has 1 saturated carbocycles. The van der Waals surface area contributed by atoms with Crippen LogP contribution in [-0.4, -0.2) is 47.0 Å². The van der Waals surface area contributed by atoms with Gasteiger partial charge in [0.15, 0.2) is 11.5 Å². The number of nitriles is 1. The number of anilines is 2. The highest BCUT2D eigenvalue weighted by atomic mass is 19.3. The number of nitrogens with two attached hydrogens (primary N) is 1. The maximum absolute atomic E-state index is 12.9. The topological polar surface area (TPSA) is 136 Å². The molecule has 0 unspecified atom stereocenters. The minimum atomic E-state index is -2.57. The fraction of sp³-hybridized carbons (Fsp3) is 0.429. The molecule has 4 aromatic heterocycles. The summed E-state index contributed by atoms with van der Waals surface area (Å²) in [6.45, 7) is 1.41. The standard InChI is InChI=1S/C21H22F2N10/c1-21(11-24)7-4-12(5-8-21)26-20-28-18(25)17-13(6-9-32(17)30-20)14-2-3-15-19(27-14)33(31-29-15)10-16(22)23/h2-3,6,9,12,16H,4-5,7-8,10H2,1H3,(H3,25,26,28,30). The van der Waals surface area contributed by atoms with Crippen LogP contribution < -0.4 is 11.1 Å². The molecule has 0 bridgehead atoms. The van der Waals surface area contributed by atoms with Crippen molar-refractivity contribution in [3.8, 4) is 17.3 Å². The smallest absolute Gasteiger partial charge is 0.258 e. The van der Waals surface area contributed by atoms with Crippen LogP contribution in [0.15, 0.2) is 24.4 Å². The first kappa shape index (κ1) is 21.0. The maximum atomic E-state index is 12.9. The predicted octanol–water partition coefficient (Wildman–Crippen LogP) is 3.27. The Kier molecular flexibility index (Phi) is 5.03. The molecule has 0 aromatic carbocycles. The van der Waals surface area contributed by atoms with Crippen LogP contribution in [0.2, 0.25) is 0 Å². The average Bonchev–Trinajstić information content (AvgIpc) is 3.39. The largest absolute Gasteiger partial charge is 0.382 e. The number of alkyl halides is 2. The number of nitrogens with one attached hydrogen (secondary N) is 1. The first-order valence-electron chi connectivity index (χ1n) is 10.7. The van der Waals surface area contributed by atoms with Crippen LogP contribution in [0.3, 0.4) is 0 Å². The number of hydrogen-bond acceptors (Lipinski definition) is 8. The van der Waals surface area contributed by atoms with E-state index in [9.17, 15) is 14.0 Å². The van der Waals surface area contributed by atoms with Crippen LogP contribution in [0.5, 0.6) is 0 Å². The van der Waals surface area contributed by atoms with E-state index >= 15 is 0 Å². The molecule has 1 aliphatic carbocycles. The van der Waals surface area contributed by atoms with Gasteiger partial charge in [-0.25, -0.2) is 23.0 Å². The Hall–Kier alpha value is -3.88. The fourth-order valence-corrected chi connectivity index (χ4v) is 4.27. The lowest BCUT2D eigenvalue weighted by molar-refractivity contribution is 0.122. The highest BCUT2D eigenvalue weighted by molar-refractivity contribution is 5.88. The molecular formula is C21H22F2N10. The Labute approximate surface area is 187 Å². The van der Waals surface area contributed by atoms with E-state index in [-0.39, 0.29) is 22.9 Å². The average molecular weight is 452 g/mol. The van der Waals surface area contributed by atoms with Crippen molar-refractivity contribution in [1.29, 1.82) is 5.26 Å². The van der Waals surface area contributed by atoms with E-state index in [0.717, 1.165) is 30.4 Å². The van der Waals surface area contributed by atoms with E-state index in [1.54, 1.807) is 28.9 Å². The Morgan fingerprint density at radius 2 is 2.06 bits per heavy atom. The highest BCUT2D eigenvalue weighted by Gasteiger charge is 2.31. The summed E-state index contributed by atoms with van der Waals surface area (Å²) in [4.78, 5) is 8.93. The third kappa shape index (κ3) is 3.90. The molecule has 4 aromatic rings. The van der Waals surface area contributed by atoms with E-state index < -0.39 is 13.0 Å². The number of nitrogens with zero attached hydrogens (tertiary/aromatic N) is 8. The quantitative estimate of drug-likeness (QED) is 0.471. The van der Waals surface area contributed by atoms with Crippen molar-refractivity contribution in [3.63, 3.8) is 0 Å². The SMILES string of the molecule is CC1(C#N)CCC(Nc2nc(N)c3c(-c4ccc5nnn(CC(F)F)c5n4)ccn3n2)CC1. The molecule has 0 radical (unpaired) electrons. The zero-order chi connectivity index (χ0) is 23.2. The van der Waals surface area contributed by atoms with Gasteiger partial charge in [-0.05, 0) is 50.8 Å². The molecule has 5 rings (SSSR count). The van der Waals surface area contributed by atoms with Gasteiger partial charge in [0.05, 0.1) is 17.2 Å². The van der Waals surface area contributed by atoms with Crippen molar-refractivity contribution >= 4 is 28.4 Å². The van der Waals surface area contributed by atoms with Gasteiger partial charge in [0.25, 0.3) is 6.43 Å². The first-order chi connectivity index (χ1) is 15.8. The minimum absolute atomic E-state index is 0.171. The number of fused-ring (bicyclic) bond motifs is 2. The van der Waals surface area contributed by atoms with Crippen LogP contribution in [-0.2, 0) is 6.54 Å². The van der Waals surface area contributed by atoms with E-state index in [1.165, 1.54) is 0 Å². The van der Waals surface area contributed by atoms with Crippen LogP contribution in [0.4, 0.5) is 20.5 Å². The molecule has 170 valence electrons. The summed E-state index contributed by atoms with van der Waals surface area (Å²) >= 11 is 0. The molecule has 12 heteroatoms. The van der Waals surface area contributed by atoms with Crippen molar-refractivity contribution in [1.82, 2.24) is 34.6 Å². The number of hydrogen-bond donors (Lipinski definition) is 2. The number of nitrogen functional groups attached to an aromatic ring is 1. The molecule has 0 spiro atoms. The van der Waals surface area contributed by atoms with E-state index in [2.05, 4.69) is 36.8 Å². The number of pyridine rings is 1. The lowest BCUT2D eigenvalue weighted by Gasteiger charge is -2.32. The second-order valence-corrected chi connectivity index (χ2v) is 8.64. The predicted molar refractivity (Wildman–Crippen MR) is 117 cm³/mol. The molecule has 33 heavy (non-hydrogen) atoms. The molecule has 3 N–H and O–H groups in total. The fourth-order valence-electron chi connectivity index (χ4n) is 4.27.